The molecule has 0 bridgehead atoms. The number of carboxylic acid groups (broad SMARTS) is 1. The van der Waals surface area contributed by atoms with E-state index in [-0.39, 0.29) is 12.5 Å². The third-order valence-electron chi connectivity index (χ3n) is 3.07. The first-order valence-corrected chi connectivity index (χ1v) is 5.58. The van der Waals surface area contributed by atoms with E-state index in [4.69, 9.17) is 9.84 Å². The van der Waals surface area contributed by atoms with Gasteiger partial charge in [-0.05, 0) is 31.8 Å². The summed E-state index contributed by atoms with van der Waals surface area (Å²) in [5.74, 6) is 0.0222. The molecule has 1 aliphatic rings. The molecule has 0 aliphatic carbocycles. The highest BCUT2D eigenvalue weighted by Gasteiger charge is 2.20. The quantitative estimate of drug-likeness (QED) is 0.749. The second-order valence-electron chi connectivity index (χ2n) is 4.44. The Morgan fingerprint density at radius 2 is 2.13 bits per heavy atom. The molecule has 0 radical (unpaired) electrons. The van der Waals surface area contributed by atoms with Gasteiger partial charge in [0.05, 0.1) is 12.5 Å². The SMILES string of the molecule is COC(CC(=O)O)CN1CCC(C)CC1. The van der Waals surface area contributed by atoms with Crippen LogP contribution in [0.4, 0.5) is 0 Å². The van der Waals surface area contributed by atoms with E-state index in [1.165, 1.54) is 12.8 Å². The van der Waals surface area contributed by atoms with Crippen molar-refractivity contribution < 1.29 is 14.6 Å². The summed E-state index contributed by atoms with van der Waals surface area (Å²) in [6.07, 6.45) is 2.35. The van der Waals surface area contributed by atoms with Gasteiger partial charge in [0, 0.05) is 13.7 Å². The van der Waals surface area contributed by atoms with Crippen molar-refractivity contribution in [1.82, 2.24) is 4.90 Å². The minimum atomic E-state index is -0.785. The molecule has 0 spiro atoms. The van der Waals surface area contributed by atoms with Gasteiger partial charge in [0.2, 0.25) is 0 Å². The molecule has 1 saturated heterocycles. The number of hydrogen-bond acceptors (Lipinski definition) is 3. The zero-order valence-electron chi connectivity index (χ0n) is 9.61. The predicted octanol–water partition coefficient (Wildman–Crippen LogP) is 1.21. The minimum absolute atomic E-state index is 0.0998. The van der Waals surface area contributed by atoms with E-state index in [9.17, 15) is 4.79 Å². The van der Waals surface area contributed by atoms with E-state index < -0.39 is 5.97 Å². The molecule has 1 aliphatic heterocycles. The van der Waals surface area contributed by atoms with Crippen molar-refractivity contribution in [2.45, 2.75) is 32.3 Å². The molecule has 1 heterocycles. The fourth-order valence-corrected chi connectivity index (χ4v) is 1.95. The summed E-state index contributed by atoms with van der Waals surface area (Å²) in [5, 5.41) is 8.69. The van der Waals surface area contributed by atoms with Crippen molar-refractivity contribution in [2.75, 3.05) is 26.7 Å². The highest BCUT2D eigenvalue weighted by atomic mass is 16.5. The van der Waals surface area contributed by atoms with Gasteiger partial charge in [-0.2, -0.15) is 0 Å². The summed E-state index contributed by atoms with van der Waals surface area (Å²) in [5.41, 5.74) is 0. The van der Waals surface area contributed by atoms with Gasteiger partial charge in [-0.25, -0.2) is 0 Å². The number of carboxylic acids is 1. The Morgan fingerprint density at radius 1 is 1.53 bits per heavy atom. The van der Waals surface area contributed by atoms with Gasteiger partial charge in [-0.1, -0.05) is 6.92 Å². The van der Waals surface area contributed by atoms with Crippen molar-refractivity contribution in [3.8, 4) is 0 Å². The van der Waals surface area contributed by atoms with E-state index in [0.29, 0.717) is 0 Å². The number of hydrogen-bond donors (Lipinski definition) is 1. The molecule has 1 rings (SSSR count). The standard InChI is InChI=1S/C11H21NO3/c1-9-3-5-12(6-4-9)8-10(15-2)7-11(13)14/h9-10H,3-8H2,1-2H3,(H,13,14). The maximum absolute atomic E-state index is 10.6. The largest absolute Gasteiger partial charge is 0.481 e. The fourth-order valence-electron chi connectivity index (χ4n) is 1.95. The molecule has 1 unspecified atom stereocenters. The predicted molar refractivity (Wildman–Crippen MR) is 57.9 cm³/mol. The van der Waals surface area contributed by atoms with Crippen LogP contribution in [0.3, 0.4) is 0 Å². The molecule has 1 N–H and O–H groups in total. The van der Waals surface area contributed by atoms with Gasteiger partial charge in [0.15, 0.2) is 0 Å². The lowest BCUT2D eigenvalue weighted by Gasteiger charge is -2.32. The average molecular weight is 215 g/mol. The Morgan fingerprint density at radius 3 is 2.60 bits per heavy atom. The van der Waals surface area contributed by atoms with Gasteiger partial charge >= 0.3 is 5.97 Å². The lowest BCUT2D eigenvalue weighted by Crippen LogP contribution is -2.39. The molecule has 0 aromatic heterocycles. The molecule has 1 fully saturated rings. The fraction of sp³-hybridized carbons (Fsp3) is 0.909. The molecule has 0 aromatic carbocycles. The van der Waals surface area contributed by atoms with E-state index in [2.05, 4.69) is 11.8 Å². The van der Waals surface area contributed by atoms with Crippen molar-refractivity contribution in [2.24, 2.45) is 5.92 Å². The number of carbonyl (C=O) groups is 1. The second-order valence-corrected chi connectivity index (χ2v) is 4.44. The summed E-state index contributed by atoms with van der Waals surface area (Å²) >= 11 is 0. The number of nitrogens with zero attached hydrogens (tertiary/aromatic N) is 1. The third-order valence-corrected chi connectivity index (χ3v) is 3.07. The Kier molecular flexibility index (Phi) is 5.05. The van der Waals surface area contributed by atoms with Crippen LogP contribution in [0.1, 0.15) is 26.2 Å². The van der Waals surface area contributed by atoms with E-state index >= 15 is 0 Å². The topological polar surface area (TPSA) is 49.8 Å². The van der Waals surface area contributed by atoms with Crippen LogP contribution < -0.4 is 0 Å². The molecule has 0 saturated carbocycles. The molecule has 0 aromatic rings. The average Bonchev–Trinajstić information content (AvgIpc) is 2.19. The summed E-state index contributed by atoms with van der Waals surface area (Å²) < 4.78 is 5.17. The monoisotopic (exact) mass is 215 g/mol. The first-order chi connectivity index (χ1) is 7.11. The highest BCUT2D eigenvalue weighted by Crippen LogP contribution is 2.16. The number of ether oxygens (including phenoxy) is 1. The van der Waals surface area contributed by atoms with Crippen LogP contribution in [-0.4, -0.2) is 48.8 Å². The zero-order valence-corrected chi connectivity index (χ0v) is 9.61. The maximum atomic E-state index is 10.6. The molecule has 88 valence electrons. The van der Waals surface area contributed by atoms with Crippen LogP contribution >= 0.6 is 0 Å². The van der Waals surface area contributed by atoms with Gasteiger partial charge in [-0.3, -0.25) is 4.79 Å². The lowest BCUT2D eigenvalue weighted by molar-refractivity contribution is -0.140. The minimum Gasteiger partial charge on any atom is -0.481 e. The summed E-state index contributed by atoms with van der Waals surface area (Å²) in [6, 6.07) is 0. The molecule has 15 heavy (non-hydrogen) atoms. The first-order valence-electron chi connectivity index (χ1n) is 5.58. The van der Waals surface area contributed by atoms with Crippen molar-refractivity contribution in [1.29, 1.82) is 0 Å². The summed E-state index contributed by atoms with van der Waals surface area (Å²) in [4.78, 5) is 12.9. The number of aliphatic carboxylic acids is 1. The second kappa shape index (κ2) is 6.08. The van der Waals surface area contributed by atoms with Gasteiger partial charge in [-0.15, -0.1) is 0 Å². The smallest absolute Gasteiger partial charge is 0.306 e. The van der Waals surface area contributed by atoms with Gasteiger partial charge < -0.3 is 14.7 Å². The molecule has 1 atom stereocenters. The Balaban J connectivity index is 2.28. The van der Waals surface area contributed by atoms with Crippen molar-refractivity contribution in [3.63, 3.8) is 0 Å². The summed E-state index contributed by atoms with van der Waals surface area (Å²) in [6.45, 7) is 5.15. The first kappa shape index (κ1) is 12.5. The number of rotatable bonds is 5. The van der Waals surface area contributed by atoms with Crippen LogP contribution in [0.15, 0.2) is 0 Å². The van der Waals surface area contributed by atoms with Crippen LogP contribution in [0, 0.1) is 5.92 Å². The van der Waals surface area contributed by atoms with Crippen LogP contribution in [0.5, 0.6) is 0 Å². The Labute approximate surface area is 91.2 Å². The molecular formula is C11H21NO3. The Hall–Kier alpha value is -0.610. The number of likely N-dealkylation sites (tertiary alicyclic amines) is 1. The number of methoxy groups -OCH3 is 1. The molecular weight excluding hydrogens is 194 g/mol. The van der Waals surface area contributed by atoms with E-state index in [1.807, 2.05) is 0 Å². The molecule has 4 heteroatoms. The molecule has 4 nitrogen and oxygen atoms in total. The van der Waals surface area contributed by atoms with Crippen LogP contribution in [0.25, 0.3) is 0 Å². The van der Waals surface area contributed by atoms with Gasteiger partial charge in [0.1, 0.15) is 0 Å². The normalized spacial score (nSPS) is 21.5. The van der Waals surface area contributed by atoms with Gasteiger partial charge in [0.25, 0.3) is 0 Å². The maximum Gasteiger partial charge on any atom is 0.306 e. The number of piperidine rings is 1. The Bertz CT molecular complexity index is 200. The summed E-state index contributed by atoms with van der Waals surface area (Å²) in [7, 11) is 1.58. The third kappa shape index (κ3) is 4.62. The molecule has 0 amide bonds. The van der Waals surface area contributed by atoms with E-state index in [1.54, 1.807) is 7.11 Å². The van der Waals surface area contributed by atoms with Crippen molar-refractivity contribution in [3.05, 3.63) is 0 Å². The van der Waals surface area contributed by atoms with E-state index in [0.717, 1.165) is 25.6 Å². The zero-order chi connectivity index (χ0) is 11.3. The van der Waals surface area contributed by atoms with Crippen LogP contribution in [0.2, 0.25) is 0 Å². The lowest BCUT2D eigenvalue weighted by atomic mass is 9.99. The van der Waals surface area contributed by atoms with Crippen molar-refractivity contribution >= 4 is 5.97 Å². The highest BCUT2D eigenvalue weighted by molar-refractivity contribution is 5.67. The van der Waals surface area contributed by atoms with Crippen LogP contribution in [-0.2, 0) is 9.53 Å².